The van der Waals surface area contributed by atoms with Gasteiger partial charge in [0.25, 0.3) is 0 Å². The molecule has 4 nitrogen and oxygen atoms in total. The van der Waals surface area contributed by atoms with Crippen LogP contribution in [0.4, 0.5) is 0 Å². The molecule has 3 rings (SSSR count). The second-order valence-corrected chi connectivity index (χ2v) is 8.22. The largest absolute Gasteiger partial charge is 0.488 e. The normalized spacial score (nSPS) is 23.2. The SMILES string of the molecule is CC(C)=CCC1(CC=C(C)C)C(=O)C(=O)C2=C1O[C@H](c1ccccc1)C[C@H]2O. The van der Waals surface area contributed by atoms with E-state index in [0.29, 0.717) is 18.6 Å². The van der Waals surface area contributed by atoms with Crippen molar-refractivity contribution in [1.29, 1.82) is 0 Å². The summed E-state index contributed by atoms with van der Waals surface area (Å²) in [6, 6.07) is 9.63. The van der Waals surface area contributed by atoms with E-state index in [0.717, 1.165) is 16.7 Å². The number of carbonyl (C=O) groups excluding carboxylic acids is 2. The number of carbonyl (C=O) groups is 2. The number of aliphatic hydroxyl groups excluding tert-OH is 1. The number of ketones is 2. The standard InChI is InChI=1S/C24H28O4/c1-15(2)10-12-24(13-11-16(3)4)22(27)21(26)20-18(25)14-19(28-23(20)24)17-8-6-5-7-9-17/h5-11,18-19,25H,12-14H2,1-4H3/t18-,19+/m1/s1. The molecule has 4 heteroatoms. The topological polar surface area (TPSA) is 63.6 Å². The first-order valence-corrected chi connectivity index (χ1v) is 9.76. The number of benzene rings is 1. The highest BCUT2D eigenvalue weighted by molar-refractivity contribution is 6.49. The van der Waals surface area contributed by atoms with Crippen molar-refractivity contribution < 1.29 is 19.4 Å². The maximum atomic E-state index is 13.2. The molecule has 28 heavy (non-hydrogen) atoms. The average molecular weight is 380 g/mol. The van der Waals surface area contributed by atoms with Gasteiger partial charge >= 0.3 is 0 Å². The molecular formula is C24H28O4. The van der Waals surface area contributed by atoms with Gasteiger partial charge in [0.2, 0.25) is 11.6 Å². The van der Waals surface area contributed by atoms with Crippen LogP contribution in [-0.4, -0.2) is 22.8 Å². The van der Waals surface area contributed by atoms with Crippen molar-refractivity contribution in [3.05, 3.63) is 70.5 Å². The molecule has 2 aliphatic rings. The van der Waals surface area contributed by atoms with Crippen LogP contribution in [0.15, 0.2) is 65.0 Å². The molecular weight excluding hydrogens is 352 g/mol. The van der Waals surface area contributed by atoms with E-state index in [2.05, 4.69) is 0 Å². The molecule has 1 heterocycles. The van der Waals surface area contributed by atoms with Crippen molar-refractivity contribution in [2.24, 2.45) is 5.41 Å². The van der Waals surface area contributed by atoms with E-state index in [-0.39, 0.29) is 18.1 Å². The third kappa shape index (κ3) is 3.61. The molecule has 0 spiro atoms. The van der Waals surface area contributed by atoms with Crippen LogP contribution in [0.5, 0.6) is 0 Å². The summed E-state index contributed by atoms with van der Waals surface area (Å²) in [6.07, 6.45) is 3.61. The molecule has 0 saturated heterocycles. The molecule has 1 aromatic rings. The zero-order valence-corrected chi connectivity index (χ0v) is 17.0. The van der Waals surface area contributed by atoms with Gasteiger partial charge in [-0.2, -0.15) is 0 Å². The quantitative estimate of drug-likeness (QED) is 0.598. The minimum atomic E-state index is -1.07. The molecule has 1 aromatic carbocycles. The lowest BCUT2D eigenvalue weighted by atomic mass is 9.76. The fourth-order valence-corrected chi connectivity index (χ4v) is 3.88. The maximum Gasteiger partial charge on any atom is 0.231 e. The second kappa shape index (κ2) is 7.88. The zero-order valence-electron chi connectivity index (χ0n) is 17.0. The Bertz CT molecular complexity index is 845. The van der Waals surface area contributed by atoms with Crippen LogP contribution in [-0.2, 0) is 14.3 Å². The smallest absolute Gasteiger partial charge is 0.231 e. The van der Waals surface area contributed by atoms with Gasteiger partial charge in [-0.25, -0.2) is 0 Å². The Morgan fingerprint density at radius 2 is 1.64 bits per heavy atom. The molecule has 0 unspecified atom stereocenters. The minimum absolute atomic E-state index is 0.154. The fraction of sp³-hybridized carbons (Fsp3) is 0.417. The van der Waals surface area contributed by atoms with E-state index in [1.165, 1.54) is 0 Å². The first-order chi connectivity index (χ1) is 13.3. The Balaban J connectivity index is 2.10. The Morgan fingerprint density at radius 3 is 2.18 bits per heavy atom. The lowest BCUT2D eigenvalue weighted by Crippen LogP contribution is -2.33. The van der Waals surface area contributed by atoms with E-state index in [9.17, 15) is 14.7 Å². The monoisotopic (exact) mass is 380 g/mol. The van der Waals surface area contributed by atoms with Gasteiger partial charge in [0.05, 0.1) is 11.7 Å². The number of aliphatic hydroxyl groups is 1. The van der Waals surface area contributed by atoms with Crippen molar-refractivity contribution in [1.82, 2.24) is 0 Å². The third-order valence-corrected chi connectivity index (χ3v) is 5.48. The van der Waals surface area contributed by atoms with Gasteiger partial charge < -0.3 is 9.84 Å². The van der Waals surface area contributed by atoms with E-state index >= 15 is 0 Å². The molecule has 0 fully saturated rings. The summed E-state index contributed by atoms with van der Waals surface area (Å²) in [5, 5.41) is 10.7. The Labute approximate surface area is 166 Å². The summed E-state index contributed by atoms with van der Waals surface area (Å²) in [6.45, 7) is 7.87. The first-order valence-electron chi connectivity index (χ1n) is 9.76. The maximum absolute atomic E-state index is 13.2. The van der Waals surface area contributed by atoms with Gasteiger partial charge in [-0.05, 0) is 46.1 Å². The molecule has 1 aliphatic heterocycles. The lowest BCUT2D eigenvalue weighted by molar-refractivity contribution is -0.138. The third-order valence-electron chi connectivity index (χ3n) is 5.48. The predicted molar refractivity (Wildman–Crippen MR) is 108 cm³/mol. The van der Waals surface area contributed by atoms with Crippen LogP contribution in [0.2, 0.25) is 0 Å². The number of allylic oxidation sites excluding steroid dienone is 5. The number of rotatable bonds is 5. The molecule has 0 saturated carbocycles. The summed E-state index contributed by atoms with van der Waals surface area (Å²) >= 11 is 0. The van der Waals surface area contributed by atoms with Crippen LogP contribution >= 0.6 is 0 Å². The molecule has 1 aliphatic carbocycles. The lowest BCUT2D eigenvalue weighted by Gasteiger charge is -2.35. The summed E-state index contributed by atoms with van der Waals surface area (Å²) in [4.78, 5) is 26.0. The highest BCUT2D eigenvalue weighted by Gasteiger charge is 2.57. The van der Waals surface area contributed by atoms with Gasteiger partial charge in [0.1, 0.15) is 17.3 Å². The summed E-state index contributed by atoms with van der Waals surface area (Å²) < 4.78 is 6.31. The van der Waals surface area contributed by atoms with E-state index < -0.39 is 23.1 Å². The van der Waals surface area contributed by atoms with E-state index in [1.54, 1.807) is 0 Å². The van der Waals surface area contributed by atoms with Crippen LogP contribution in [0, 0.1) is 5.41 Å². The molecule has 0 aromatic heterocycles. The average Bonchev–Trinajstić information content (AvgIpc) is 2.87. The minimum Gasteiger partial charge on any atom is -0.488 e. The van der Waals surface area contributed by atoms with Crippen LogP contribution in [0.25, 0.3) is 0 Å². The van der Waals surface area contributed by atoms with Crippen molar-refractivity contribution in [3.8, 4) is 0 Å². The first kappa shape index (κ1) is 20.3. The molecule has 2 atom stereocenters. The molecule has 0 radical (unpaired) electrons. The summed E-state index contributed by atoms with van der Waals surface area (Å²) in [7, 11) is 0. The summed E-state index contributed by atoms with van der Waals surface area (Å²) in [5.41, 5.74) is 2.15. The highest BCUT2D eigenvalue weighted by Crippen LogP contribution is 2.51. The van der Waals surface area contributed by atoms with E-state index in [1.807, 2.05) is 70.2 Å². The van der Waals surface area contributed by atoms with Crippen LogP contribution in [0.3, 0.4) is 0 Å². The van der Waals surface area contributed by atoms with Crippen LogP contribution < -0.4 is 0 Å². The number of Topliss-reactive ketones (excluding diaryl/α,β-unsaturated/α-hetero) is 2. The van der Waals surface area contributed by atoms with Crippen molar-refractivity contribution >= 4 is 11.6 Å². The second-order valence-electron chi connectivity index (χ2n) is 8.22. The van der Waals surface area contributed by atoms with E-state index in [4.69, 9.17) is 4.74 Å². The van der Waals surface area contributed by atoms with Gasteiger partial charge in [0, 0.05) is 6.42 Å². The Hall–Kier alpha value is -2.46. The number of ether oxygens (including phenoxy) is 1. The van der Waals surface area contributed by atoms with Gasteiger partial charge in [-0.1, -0.05) is 53.6 Å². The van der Waals surface area contributed by atoms with Gasteiger partial charge in [0.15, 0.2) is 0 Å². The molecule has 0 bridgehead atoms. The molecule has 1 N–H and O–H groups in total. The zero-order chi connectivity index (χ0) is 20.5. The van der Waals surface area contributed by atoms with Crippen LogP contribution in [0.1, 0.15) is 58.6 Å². The molecule has 148 valence electrons. The van der Waals surface area contributed by atoms with Gasteiger partial charge in [-0.3, -0.25) is 9.59 Å². The molecule has 0 amide bonds. The Kier molecular flexibility index (Phi) is 5.71. The summed E-state index contributed by atoms with van der Waals surface area (Å²) in [5.74, 6) is -0.705. The highest BCUT2D eigenvalue weighted by atomic mass is 16.5. The number of hydrogen-bond acceptors (Lipinski definition) is 4. The van der Waals surface area contributed by atoms with Gasteiger partial charge in [-0.15, -0.1) is 0 Å². The van der Waals surface area contributed by atoms with Crippen molar-refractivity contribution in [2.45, 2.75) is 59.2 Å². The predicted octanol–water partition coefficient (Wildman–Crippen LogP) is 4.61. The Morgan fingerprint density at radius 1 is 1.07 bits per heavy atom. The fourth-order valence-electron chi connectivity index (χ4n) is 3.88. The number of hydrogen-bond donors (Lipinski definition) is 1. The van der Waals surface area contributed by atoms with Crippen molar-refractivity contribution in [3.63, 3.8) is 0 Å². The van der Waals surface area contributed by atoms with Crippen molar-refractivity contribution in [2.75, 3.05) is 0 Å².